The lowest BCUT2D eigenvalue weighted by Crippen LogP contribution is -2.40. The van der Waals surface area contributed by atoms with Crippen LogP contribution in [0.3, 0.4) is 0 Å². The minimum atomic E-state index is -3.75. The van der Waals surface area contributed by atoms with Crippen LogP contribution in [0.15, 0.2) is 47.4 Å². The largest absolute Gasteiger partial charge is 0.434 e. The molecule has 29 heavy (non-hydrogen) atoms. The number of benzene rings is 2. The van der Waals surface area contributed by atoms with Crippen LogP contribution in [0.1, 0.15) is 15.9 Å². The molecular weight excluding hydrogens is 406 g/mol. The topological polar surface area (TPSA) is 84.9 Å². The Morgan fingerprint density at radius 3 is 2.55 bits per heavy atom. The summed E-state index contributed by atoms with van der Waals surface area (Å²) >= 11 is 0. The number of morpholine rings is 1. The van der Waals surface area contributed by atoms with E-state index in [9.17, 15) is 22.0 Å². The van der Waals surface area contributed by atoms with Gasteiger partial charge in [0.1, 0.15) is 5.75 Å². The zero-order valence-corrected chi connectivity index (χ0v) is 16.4. The first-order chi connectivity index (χ1) is 13.8. The Morgan fingerprint density at radius 1 is 1.17 bits per heavy atom. The normalized spacial score (nSPS) is 15.3. The molecule has 156 valence electrons. The Balaban J connectivity index is 1.87. The summed E-state index contributed by atoms with van der Waals surface area (Å²) in [7, 11) is -3.75. The number of hydrogen-bond donors (Lipinski definition) is 1. The number of carbonyl (C=O) groups is 1. The van der Waals surface area contributed by atoms with Gasteiger partial charge in [-0.15, -0.1) is 0 Å². The van der Waals surface area contributed by atoms with Crippen LogP contribution in [0.25, 0.3) is 0 Å². The van der Waals surface area contributed by atoms with Crippen molar-refractivity contribution in [3.05, 3.63) is 53.6 Å². The average molecular weight is 426 g/mol. The molecule has 0 aliphatic carbocycles. The number of alkyl halides is 2. The molecule has 10 heteroatoms. The molecule has 7 nitrogen and oxygen atoms in total. The van der Waals surface area contributed by atoms with Gasteiger partial charge in [0.25, 0.3) is 5.91 Å². The highest BCUT2D eigenvalue weighted by molar-refractivity contribution is 7.89. The fourth-order valence-electron chi connectivity index (χ4n) is 2.87. The van der Waals surface area contributed by atoms with E-state index in [1.165, 1.54) is 40.7 Å². The number of sulfonamides is 1. The van der Waals surface area contributed by atoms with Crippen LogP contribution >= 0.6 is 0 Å². The molecule has 1 amide bonds. The molecule has 3 rings (SSSR count). The van der Waals surface area contributed by atoms with Gasteiger partial charge < -0.3 is 14.8 Å². The van der Waals surface area contributed by atoms with Crippen LogP contribution < -0.4 is 10.1 Å². The van der Waals surface area contributed by atoms with Crippen molar-refractivity contribution in [2.75, 3.05) is 31.6 Å². The van der Waals surface area contributed by atoms with Crippen molar-refractivity contribution in [1.82, 2.24) is 4.31 Å². The van der Waals surface area contributed by atoms with Gasteiger partial charge in [-0.2, -0.15) is 13.1 Å². The predicted octanol–water partition coefficient (Wildman–Crippen LogP) is 2.87. The lowest BCUT2D eigenvalue weighted by molar-refractivity contribution is -0.0501. The van der Waals surface area contributed by atoms with Gasteiger partial charge in [0, 0.05) is 18.8 Å². The van der Waals surface area contributed by atoms with E-state index in [1.54, 1.807) is 13.0 Å². The number of nitrogens with zero attached hydrogens (tertiary/aromatic N) is 1. The number of rotatable bonds is 6. The molecule has 1 aliphatic rings. The van der Waals surface area contributed by atoms with Gasteiger partial charge in [-0.25, -0.2) is 8.42 Å². The molecule has 0 unspecified atom stereocenters. The van der Waals surface area contributed by atoms with E-state index in [4.69, 9.17) is 4.74 Å². The first-order valence-electron chi connectivity index (χ1n) is 8.83. The third-order valence-electron chi connectivity index (χ3n) is 4.41. The summed E-state index contributed by atoms with van der Waals surface area (Å²) in [5.41, 5.74) is 0.788. The van der Waals surface area contributed by atoms with Crippen molar-refractivity contribution in [3.8, 4) is 5.75 Å². The maximum atomic E-state index is 12.8. The second kappa shape index (κ2) is 8.85. The second-order valence-corrected chi connectivity index (χ2v) is 8.26. The Morgan fingerprint density at radius 2 is 1.86 bits per heavy atom. The lowest BCUT2D eigenvalue weighted by Gasteiger charge is -2.26. The van der Waals surface area contributed by atoms with Gasteiger partial charge in [0.05, 0.1) is 23.7 Å². The van der Waals surface area contributed by atoms with Gasteiger partial charge in [0.15, 0.2) is 0 Å². The summed E-state index contributed by atoms with van der Waals surface area (Å²) in [6.07, 6.45) is 0. The summed E-state index contributed by atoms with van der Waals surface area (Å²) in [6.45, 7) is -0.257. The van der Waals surface area contributed by atoms with Crippen molar-refractivity contribution >= 4 is 21.6 Å². The van der Waals surface area contributed by atoms with Gasteiger partial charge in [-0.05, 0) is 36.8 Å². The Labute approximate surface area is 167 Å². The first kappa shape index (κ1) is 21.2. The van der Waals surface area contributed by atoms with Crippen LogP contribution in [-0.2, 0) is 14.8 Å². The van der Waals surface area contributed by atoms with Crippen molar-refractivity contribution in [1.29, 1.82) is 0 Å². The molecule has 1 saturated heterocycles. The van der Waals surface area contributed by atoms with Crippen molar-refractivity contribution in [3.63, 3.8) is 0 Å². The average Bonchev–Trinajstić information content (AvgIpc) is 2.70. The quantitative estimate of drug-likeness (QED) is 0.768. The predicted molar refractivity (Wildman–Crippen MR) is 102 cm³/mol. The Hall–Kier alpha value is -2.56. The number of ether oxygens (including phenoxy) is 2. The van der Waals surface area contributed by atoms with Crippen LogP contribution in [-0.4, -0.2) is 51.5 Å². The van der Waals surface area contributed by atoms with E-state index in [0.717, 1.165) is 0 Å². The van der Waals surface area contributed by atoms with E-state index < -0.39 is 22.5 Å². The third-order valence-corrected chi connectivity index (χ3v) is 6.31. The van der Waals surface area contributed by atoms with E-state index in [0.29, 0.717) is 18.8 Å². The first-order valence-corrected chi connectivity index (χ1v) is 10.3. The van der Waals surface area contributed by atoms with Gasteiger partial charge >= 0.3 is 6.61 Å². The van der Waals surface area contributed by atoms with Crippen LogP contribution in [0, 0.1) is 6.92 Å². The highest BCUT2D eigenvalue weighted by atomic mass is 32.2. The number of carbonyl (C=O) groups excluding carboxylic acids is 1. The number of para-hydroxylation sites is 1. The SMILES string of the molecule is Cc1ccc(S(=O)(=O)N2CCOCC2)cc1NC(=O)c1ccccc1OC(F)F. The number of aryl methyl sites for hydroxylation is 1. The number of amides is 1. The summed E-state index contributed by atoms with van der Waals surface area (Å²) in [4.78, 5) is 12.6. The fraction of sp³-hybridized carbons (Fsp3) is 0.316. The maximum absolute atomic E-state index is 12.8. The highest BCUT2D eigenvalue weighted by Crippen LogP contribution is 2.26. The zero-order valence-electron chi connectivity index (χ0n) is 15.6. The molecule has 2 aromatic rings. The van der Waals surface area contributed by atoms with Crippen LogP contribution in [0.5, 0.6) is 5.75 Å². The van der Waals surface area contributed by atoms with Crippen molar-refractivity contribution in [2.24, 2.45) is 0 Å². The van der Waals surface area contributed by atoms with Crippen molar-refractivity contribution in [2.45, 2.75) is 18.4 Å². The summed E-state index contributed by atoms with van der Waals surface area (Å²) in [6, 6.07) is 9.97. The summed E-state index contributed by atoms with van der Waals surface area (Å²) < 4.78 is 61.7. The second-order valence-electron chi connectivity index (χ2n) is 6.32. The number of halogens is 2. The number of hydrogen-bond acceptors (Lipinski definition) is 5. The molecule has 1 heterocycles. The smallest absolute Gasteiger partial charge is 0.387 e. The minimum absolute atomic E-state index is 0.0254. The Kier molecular flexibility index (Phi) is 6.46. The fourth-order valence-corrected chi connectivity index (χ4v) is 4.31. The minimum Gasteiger partial charge on any atom is -0.434 e. The molecule has 0 spiro atoms. The molecule has 0 aromatic heterocycles. The van der Waals surface area contributed by atoms with Gasteiger partial charge in [-0.1, -0.05) is 18.2 Å². The Bertz CT molecular complexity index is 992. The highest BCUT2D eigenvalue weighted by Gasteiger charge is 2.27. The molecule has 0 bridgehead atoms. The van der Waals surface area contributed by atoms with Crippen LogP contribution in [0.4, 0.5) is 14.5 Å². The molecule has 0 radical (unpaired) electrons. The van der Waals surface area contributed by atoms with E-state index in [-0.39, 0.29) is 35.0 Å². The molecule has 2 aromatic carbocycles. The van der Waals surface area contributed by atoms with Gasteiger partial charge in [-0.3, -0.25) is 4.79 Å². The maximum Gasteiger partial charge on any atom is 0.387 e. The van der Waals surface area contributed by atoms with E-state index >= 15 is 0 Å². The molecule has 1 N–H and O–H groups in total. The molecule has 1 aliphatic heterocycles. The zero-order chi connectivity index (χ0) is 21.0. The lowest BCUT2D eigenvalue weighted by atomic mass is 10.1. The summed E-state index contributed by atoms with van der Waals surface area (Å²) in [5.74, 6) is -0.958. The number of nitrogens with one attached hydrogen (secondary N) is 1. The van der Waals surface area contributed by atoms with E-state index in [2.05, 4.69) is 10.1 Å². The van der Waals surface area contributed by atoms with Crippen molar-refractivity contribution < 1.29 is 31.5 Å². The standard InChI is InChI=1S/C19H20F2N2O5S/c1-13-6-7-14(29(25,26)23-8-10-27-11-9-23)12-16(13)22-18(24)15-4-2-3-5-17(15)28-19(20)21/h2-7,12,19H,8-11H2,1H3,(H,22,24). The monoisotopic (exact) mass is 426 g/mol. The molecule has 0 saturated carbocycles. The third kappa shape index (κ3) is 4.89. The molecule has 0 atom stereocenters. The van der Waals surface area contributed by atoms with E-state index in [1.807, 2.05) is 0 Å². The number of anilines is 1. The van der Waals surface area contributed by atoms with Crippen LogP contribution in [0.2, 0.25) is 0 Å². The molecular formula is C19H20F2N2O5S. The van der Waals surface area contributed by atoms with Gasteiger partial charge in [0.2, 0.25) is 10.0 Å². The summed E-state index contributed by atoms with van der Waals surface area (Å²) in [5, 5.41) is 2.58. The molecule has 1 fully saturated rings.